The molecule has 1 saturated carbocycles. The molecule has 2 heterocycles. The maximum absolute atomic E-state index is 12.1. The number of carbonyl (C=O) groups is 1. The van der Waals surface area contributed by atoms with Crippen LogP contribution in [-0.4, -0.2) is 16.9 Å². The highest BCUT2D eigenvalue weighted by Crippen LogP contribution is 2.35. The van der Waals surface area contributed by atoms with Gasteiger partial charge in [-0.2, -0.15) is 0 Å². The molecule has 3 N–H and O–H groups in total. The van der Waals surface area contributed by atoms with E-state index in [-0.39, 0.29) is 5.91 Å². The Bertz CT molecular complexity index is 634. The largest absolute Gasteiger partial charge is 0.397 e. The number of nitrogen functional groups attached to an aromatic ring is 1. The first-order valence-electron chi connectivity index (χ1n) is 6.02. The molecule has 1 aliphatic rings. The van der Waals surface area contributed by atoms with Gasteiger partial charge >= 0.3 is 0 Å². The van der Waals surface area contributed by atoms with Gasteiger partial charge in [0.2, 0.25) is 0 Å². The average Bonchev–Trinajstić information content (AvgIpc) is 2.87. The van der Waals surface area contributed by atoms with Crippen molar-refractivity contribution < 1.29 is 4.79 Å². The number of nitrogens with one attached hydrogen (secondary N) is 1. The van der Waals surface area contributed by atoms with Gasteiger partial charge < -0.3 is 11.1 Å². The Balaban J connectivity index is 1.99. The fourth-order valence-electron chi connectivity index (χ4n) is 2.13. The smallest absolute Gasteiger partial charge is 0.263 e. The molecule has 4 nitrogen and oxygen atoms in total. The van der Waals surface area contributed by atoms with E-state index in [2.05, 4.69) is 17.2 Å². The molecule has 2 aromatic rings. The first-order valence-corrected chi connectivity index (χ1v) is 6.84. The van der Waals surface area contributed by atoms with E-state index >= 15 is 0 Å². The Labute approximate surface area is 109 Å². The Morgan fingerprint density at radius 1 is 1.61 bits per heavy atom. The summed E-state index contributed by atoms with van der Waals surface area (Å²) in [5.74, 6) is 0.522. The zero-order valence-corrected chi connectivity index (χ0v) is 11.2. The van der Waals surface area contributed by atoms with Gasteiger partial charge in [0.25, 0.3) is 5.91 Å². The molecule has 1 aliphatic carbocycles. The number of hydrogen-bond acceptors (Lipinski definition) is 4. The zero-order valence-electron chi connectivity index (χ0n) is 10.4. The topological polar surface area (TPSA) is 68.0 Å². The van der Waals surface area contributed by atoms with Crippen LogP contribution in [0.4, 0.5) is 5.69 Å². The van der Waals surface area contributed by atoms with Crippen LogP contribution >= 0.6 is 11.3 Å². The monoisotopic (exact) mass is 261 g/mol. The third-order valence-corrected chi connectivity index (χ3v) is 4.58. The second-order valence-corrected chi connectivity index (χ2v) is 5.94. The third kappa shape index (κ3) is 1.75. The molecule has 1 fully saturated rings. The predicted octanol–water partition coefficient (Wildman–Crippen LogP) is 2.33. The molecule has 0 saturated heterocycles. The van der Waals surface area contributed by atoms with Gasteiger partial charge in [-0.3, -0.25) is 4.79 Å². The van der Waals surface area contributed by atoms with E-state index < -0.39 is 0 Å². The van der Waals surface area contributed by atoms with E-state index in [1.807, 2.05) is 13.0 Å². The Morgan fingerprint density at radius 2 is 2.33 bits per heavy atom. The van der Waals surface area contributed by atoms with Gasteiger partial charge in [0.15, 0.2) is 0 Å². The van der Waals surface area contributed by atoms with Gasteiger partial charge in [0.05, 0.1) is 5.69 Å². The van der Waals surface area contributed by atoms with Crippen LogP contribution in [0, 0.1) is 12.8 Å². The van der Waals surface area contributed by atoms with E-state index in [1.165, 1.54) is 11.3 Å². The van der Waals surface area contributed by atoms with Crippen molar-refractivity contribution in [1.82, 2.24) is 10.3 Å². The van der Waals surface area contributed by atoms with Gasteiger partial charge in [0, 0.05) is 17.6 Å². The van der Waals surface area contributed by atoms with Gasteiger partial charge in [0.1, 0.15) is 9.71 Å². The number of anilines is 1. The normalized spacial score (nSPS) is 22.1. The van der Waals surface area contributed by atoms with Gasteiger partial charge in [-0.1, -0.05) is 6.92 Å². The number of carbonyl (C=O) groups excluding carboxylic acids is 1. The van der Waals surface area contributed by atoms with Crippen LogP contribution in [0.1, 0.15) is 28.6 Å². The Kier molecular flexibility index (Phi) is 2.52. The molecular weight excluding hydrogens is 246 g/mol. The minimum Gasteiger partial charge on any atom is -0.397 e. The van der Waals surface area contributed by atoms with Crippen LogP contribution in [0.25, 0.3) is 10.2 Å². The number of nitrogens with two attached hydrogens (primary N) is 1. The second kappa shape index (κ2) is 3.95. The van der Waals surface area contributed by atoms with E-state index in [0.717, 1.165) is 22.2 Å². The standard InChI is InChI=1S/C13H15N3OS/c1-6-3-4-15-13-9(6)10(14)11(18-13)12(17)16-8-5-7(8)2/h3-4,7-8H,5,14H2,1-2H3,(H,16,17). The lowest BCUT2D eigenvalue weighted by Gasteiger charge is -2.02. The molecular formula is C13H15N3OS. The summed E-state index contributed by atoms with van der Waals surface area (Å²) in [5, 5.41) is 3.92. The molecule has 2 unspecified atom stereocenters. The summed E-state index contributed by atoms with van der Waals surface area (Å²) in [7, 11) is 0. The molecule has 0 spiro atoms. The molecule has 1 amide bonds. The maximum atomic E-state index is 12.1. The second-order valence-electron chi connectivity index (χ2n) is 4.95. The summed E-state index contributed by atoms with van der Waals surface area (Å²) in [6.07, 6.45) is 2.81. The van der Waals surface area contributed by atoms with E-state index in [0.29, 0.717) is 22.5 Å². The van der Waals surface area contributed by atoms with Crippen molar-refractivity contribution in [3.05, 3.63) is 22.7 Å². The fourth-order valence-corrected chi connectivity index (χ4v) is 3.17. The van der Waals surface area contributed by atoms with Crippen LogP contribution < -0.4 is 11.1 Å². The molecule has 18 heavy (non-hydrogen) atoms. The summed E-state index contributed by atoms with van der Waals surface area (Å²) in [5.41, 5.74) is 7.71. The van der Waals surface area contributed by atoms with Crippen LogP contribution in [0.15, 0.2) is 12.3 Å². The highest BCUT2D eigenvalue weighted by atomic mass is 32.1. The van der Waals surface area contributed by atoms with Crippen molar-refractivity contribution in [3.8, 4) is 0 Å². The van der Waals surface area contributed by atoms with Crippen molar-refractivity contribution in [3.63, 3.8) is 0 Å². The fraction of sp³-hybridized carbons (Fsp3) is 0.385. The minimum atomic E-state index is -0.0655. The van der Waals surface area contributed by atoms with E-state index in [4.69, 9.17) is 5.73 Å². The molecule has 3 rings (SSSR count). The molecule has 0 aromatic carbocycles. The Hall–Kier alpha value is -1.62. The molecule has 0 bridgehead atoms. The molecule has 94 valence electrons. The van der Waals surface area contributed by atoms with Crippen molar-refractivity contribution in [2.24, 2.45) is 5.92 Å². The van der Waals surface area contributed by atoms with Crippen molar-refractivity contribution >= 4 is 33.1 Å². The Morgan fingerprint density at radius 3 is 2.94 bits per heavy atom. The summed E-state index contributed by atoms with van der Waals surface area (Å²) in [6, 6.07) is 2.23. The summed E-state index contributed by atoms with van der Waals surface area (Å²) < 4.78 is 0. The minimum absolute atomic E-state index is 0.0655. The van der Waals surface area contributed by atoms with Gasteiger partial charge in [-0.25, -0.2) is 4.98 Å². The zero-order chi connectivity index (χ0) is 12.9. The van der Waals surface area contributed by atoms with Gasteiger partial charge in [-0.15, -0.1) is 11.3 Å². The van der Waals surface area contributed by atoms with Crippen LogP contribution in [-0.2, 0) is 0 Å². The SMILES string of the molecule is Cc1ccnc2sc(C(=O)NC3CC3C)c(N)c12. The predicted molar refractivity (Wildman–Crippen MR) is 73.8 cm³/mol. The summed E-state index contributed by atoms with van der Waals surface area (Å²) in [6.45, 7) is 4.11. The number of rotatable bonds is 2. The summed E-state index contributed by atoms with van der Waals surface area (Å²) >= 11 is 1.37. The number of amides is 1. The number of hydrogen-bond donors (Lipinski definition) is 2. The number of pyridine rings is 1. The molecule has 5 heteroatoms. The lowest BCUT2D eigenvalue weighted by molar-refractivity contribution is 0.0954. The number of fused-ring (bicyclic) bond motifs is 1. The van der Waals surface area contributed by atoms with Crippen molar-refractivity contribution in [1.29, 1.82) is 0 Å². The number of aryl methyl sites for hydroxylation is 1. The quantitative estimate of drug-likeness (QED) is 0.871. The lowest BCUT2D eigenvalue weighted by atomic mass is 10.2. The van der Waals surface area contributed by atoms with Crippen LogP contribution in [0.3, 0.4) is 0 Å². The van der Waals surface area contributed by atoms with Crippen LogP contribution in [0.5, 0.6) is 0 Å². The van der Waals surface area contributed by atoms with Crippen molar-refractivity contribution in [2.75, 3.05) is 5.73 Å². The highest BCUT2D eigenvalue weighted by Gasteiger charge is 2.34. The molecule has 0 radical (unpaired) electrons. The highest BCUT2D eigenvalue weighted by molar-refractivity contribution is 7.21. The van der Waals surface area contributed by atoms with Crippen molar-refractivity contribution in [2.45, 2.75) is 26.3 Å². The summed E-state index contributed by atoms with van der Waals surface area (Å²) in [4.78, 5) is 17.8. The number of aromatic nitrogens is 1. The maximum Gasteiger partial charge on any atom is 0.263 e. The first-order chi connectivity index (χ1) is 8.58. The third-order valence-electron chi connectivity index (χ3n) is 3.47. The number of nitrogens with zero attached hydrogens (tertiary/aromatic N) is 1. The number of thiophene rings is 1. The lowest BCUT2D eigenvalue weighted by Crippen LogP contribution is -2.26. The molecule has 2 aromatic heterocycles. The van der Waals surface area contributed by atoms with Crippen LogP contribution in [0.2, 0.25) is 0 Å². The average molecular weight is 261 g/mol. The molecule has 0 aliphatic heterocycles. The molecule has 2 atom stereocenters. The van der Waals surface area contributed by atoms with Gasteiger partial charge in [-0.05, 0) is 30.9 Å². The van der Waals surface area contributed by atoms with E-state index in [9.17, 15) is 4.79 Å². The first kappa shape index (κ1) is 11.5. The van der Waals surface area contributed by atoms with E-state index in [1.54, 1.807) is 6.20 Å².